The van der Waals surface area contributed by atoms with Crippen LogP contribution in [0.15, 0.2) is 10.7 Å². The van der Waals surface area contributed by atoms with Crippen LogP contribution >= 0.6 is 15.9 Å². The maximum Gasteiger partial charge on any atom is 0.328 e. The third-order valence-electron chi connectivity index (χ3n) is 2.40. The standard InChI is InChI=1S/C12H18BrN3O3/c1-7(2)5-9(11(17)19-4)15-12-14-6-8(13)10(16-12)18-3/h6-7,9H,5H2,1-4H3,(H,14,15,16). The van der Waals surface area contributed by atoms with E-state index in [4.69, 9.17) is 9.47 Å². The second-order valence-corrected chi connectivity index (χ2v) is 5.25. The fraction of sp³-hybridized carbons (Fsp3) is 0.583. The van der Waals surface area contributed by atoms with Crippen molar-refractivity contribution in [3.63, 3.8) is 0 Å². The van der Waals surface area contributed by atoms with Crippen molar-refractivity contribution in [3.05, 3.63) is 10.7 Å². The van der Waals surface area contributed by atoms with Crippen molar-refractivity contribution in [2.45, 2.75) is 26.3 Å². The largest absolute Gasteiger partial charge is 0.480 e. The second kappa shape index (κ2) is 7.28. The molecule has 0 spiro atoms. The van der Waals surface area contributed by atoms with Crippen LogP contribution < -0.4 is 10.1 Å². The fourth-order valence-electron chi connectivity index (χ4n) is 1.55. The number of carbonyl (C=O) groups is 1. The van der Waals surface area contributed by atoms with Gasteiger partial charge in [-0.25, -0.2) is 9.78 Å². The Kier molecular flexibility index (Phi) is 6.01. The average Bonchev–Trinajstić information content (AvgIpc) is 2.38. The Balaban J connectivity index is 2.86. The summed E-state index contributed by atoms with van der Waals surface area (Å²) in [5, 5.41) is 2.97. The Morgan fingerprint density at radius 2 is 2.16 bits per heavy atom. The van der Waals surface area contributed by atoms with Gasteiger partial charge in [-0.2, -0.15) is 4.98 Å². The van der Waals surface area contributed by atoms with Gasteiger partial charge >= 0.3 is 5.97 Å². The number of carbonyl (C=O) groups excluding carboxylic acids is 1. The molecule has 0 aliphatic rings. The maximum absolute atomic E-state index is 11.7. The predicted octanol–water partition coefficient (Wildman–Crippen LogP) is 2.25. The van der Waals surface area contributed by atoms with Crippen LogP contribution in [0.5, 0.6) is 5.88 Å². The summed E-state index contributed by atoms with van der Waals surface area (Å²) in [4.78, 5) is 19.9. The number of nitrogens with zero attached hydrogens (tertiary/aromatic N) is 2. The van der Waals surface area contributed by atoms with E-state index in [1.54, 1.807) is 6.20 Å². The lowest BCUT2D eigenvalue weighted by Gasteiger charge is -2.18. The molecule has 106 valence electrons. The zero-order valence-electron chi connectivity index (χ0n) is 11.4. The Morgan fingerprint density at radius 1 is 1.47 bits per heavy atom. The minimum absolute atomic E-state index is 0.330. The molecule has 0 saturated carbocycles. The van der Waals surface area contributed by atoms with Gasteiger partial charge in [0.2, 0.25) is 11.8 Å². The van der Waals surface area contributed by atoms with Gasteiger partial charge in [-0.1, -0.05) is 13.8 Å². The lowest BCUT2D eigenvalue weighted by atomic mass is 10.0. The number of nitrogens with one attached hydrogen (secondary N) is 1. The second-order valence-electron chi connectivity index (χ2n) is 4.40. The highest BCUT2D eigenvalue weighted by Crippen LogP contribution is 2.22. The summed E-state index contributed by atoms with van der Waals surface area (Å²) >= 11 is 3.27. The molecule has 1 rings (SSSR count). The van der Waals surface area contributed by atoms with E-state index in [9.17, 15) is 4.79 Å². The minimum Gasteiger partial charge on any atom is -0.480 e. The molecule has 1 atom stereocenters. The van der Waals surface area contributed by atoms with Crippen molar-refractivity contribution in [2.75, 3.05) is 19.5 Å². The van der Waals surface area contributed by atoms with Gasteiger partial charge in [0.1, 0.15) is 6.04 Å². The number of anilines is 1. The van der Waals surface area contributed by atoms with Crippen LogP contribution in [0.3, 0.4) is 0 Å². The Hall–Kier alpha value is -1.37. The quantitative estimate of drug-likeness (QED) is 0.806. The summed E-state index contributed by atoms with van der Waals surface area (Å²) in [7, 11) is 2.88. The van der Waals surface area contributed by atoms with Gasteiger partial charge < -0.3 is 14.8 Å². The SMILES string of the molecule is COC(=O)C(CC(C)C)Nc1ncc(Br)c(OC)n1. The van der Waals surface area contributed by atoms with Crippen molar-refractivity contribution in [3.8, 4) is 5.88 Å². The van der Waals surface area contributed by atoms with Crippen LogP contribution in [0.4, 0.5) is 5.95 Å². The van der Waals surface area contributed by atoms with Crippen LogP contribution in [-0.4, -0.2) is 36.2 Å². The van der Waals surface area contributed by atoms with Gasteiger partial charge in [-0.15, -0.1) is 0 Å². The van der Waals surface area contributed by atoms with Crippen molar-refractivity contribution < 1.29 is 14.3 Å². The van der Waals surface area contributed by atoms with Gasteiger partial charge in [0.05, 0.1) is 24.9 Å². The minimum atomic E-state index is -0.476. The van der Waals surface area contributed by atoms with Crippen molar-refractivity contribution in [1.29, 1.82) is 0 Å². The lowest BCUT2D eigenvalue weighted by molar-refractivity contribution is -0.141. The smallest absolute Gasteiger partial charge is 0.328 e. The molecule has 0 amide bonds. The van der Waals surface area contributed by atoms with E-state index in [-0.39, 0.29) is 5.97 Å². The number of methoxy groups -OCH3 is 2. The first-order valence-corrected chi connectivity index (χ1v) is 6.68. The number of esters is 1. The highest BCUT2D eigenvalue weighted by molar-refractivity contribution is 9.10. The van der Waals surface area contributed by atoms with E-state index in [1.807, 2.05) is 13.8 Å². The molecule has 1 aromatic rings. The molecule has 0 fully saturated rings. The molecular formula is C12H18BrN3O3. The number of halogens is 1. The van der Waals surface area contributed by atoms with E-state index in [0.717, 1.165) is 0 Å². The molecule has 0 aromatic carbocycles. The summed E-state index contributed by atoms with van der Waals surface area (Å²) in [5.74, 6) is 0.745. The van der Waals surface area contributed by atoms with Crippen molar-refractivity contribution in [1.82, 2.24) is 9.97 Å². The topological polar surface area (TPSA) is 73.3 Å². The number of hydrogen-bond acceptors (Lipinski definition) is 6. The zero-order valence-corrected chi connectivity index (χ0v) is 13.0. The number of rotatable bonds is 6. The van der Waals surface area contributed by atoms with Crippen LogP contribution in [0, 0.1) is 5.92 Å². The Morgan fingerprint density at radius 3 is 2.68 bits per heavy atom. The fourth-order valence-corrected chi connectivity index (χ4v) is 1.90. The zero-order chi connectivity index (χ0) is 14.4. The number of hydrogen-bond donors (Lipinski definition) is 1. The van der Waals surface area contributed by atoms with Crippen LogP contribution in [0.2, 0.25) is 0 Å². The van der Waals surface area contributed by atoms with Gasteiger partial charge in [0.25, 0.3) is 0 Å². The summed E-state index contributed by atoms with van der Waals surface area (Å²) in [6.45, 7) is 4.06. The molecule has 0 aliphatic carbocycles. The van der Waals surface area contributed by atoms with Gasteiger partial charge in [-0.05, 0) is 28.3 Å². The average molecular weight is 332 g/mol. The Bertz CT molecular complexity index is 440. The maximum atomic E-state index is 11.7. The summed E-state index contributed by atoms with van der Waals surface area (Å²) < 4.78 is 10.5. The number of ether oxygens (including phenoxy) is 2. The molecule has 19 heavy (non-hydrogen) atoms. The van der Waals surface area contributed by atoms with Crippen LogP contribution in [0.25, 0.3) is 0 Å². The van der Waals surface area contributed by atoms with Gasteiger partial charge in [-0.3, -0.25) is 0 Å². The first-order valence-electron chi connectivity index (χ1n) is 5.88. The molecule has 0 radical (unpaired) electrons. The first kappa shape index (κ1) is 15.7. The third-order valence-corrected chi connectivity index (χ3v) is 2.95. The monoisotopic (exact) mass is 331 g/mol. The predicted molar refractivity (Wildman–Crippen MR) is 75.2 cm³/mol. The van der Waals surface area contributed by atoms with Crippen LogP contribution in [-0.2, 0) is 9.53 Å². The van der Waals surface area contributed by atoms with E-state index in [0.29, 0.717) is 28.6 Å². The van der Waals surface area contributed by atoms with E-state index >= 15 is 0 Å². The molecular weight excluding hydrogens is 314 g/mol. The van der Waals surface area contributed by atoms with Crippen molar-refractivity contribution >= 4 is 27.8 Å². The normalized spacial score (nSPS) is 12.1. The van der Waals surface area contributed by atoms with E-state index < -0.39 is 6.04 Å². The Labute approximate surface area is 121 Å². The molecule has 0 bridgehead atoms. The molecule has 1 unspecified atom stereocenters. The lowest BCUT2D eigenvalue weighted by Crippen LogP contribution is -2.32. The van der Waals surface area contributed by atoms with E-state index in [2.05, 4.69) is 31.2 Å². The summed E-state index contributed by atoms with van der Waals surface area (Å²) in [5.41, 5.74) is 0. The molecule has 1 N–H and O–H groups in total. The first-order chi connectivity index (χ1) is 8.97. The molecule has 7 heteroatoms. The molecule has 0 saturated heterocycles. The third kappa shape index (κ3) is 4.66. The highest BCUT2D eigenvalue weighted by atomic mass is 79.9. The number of aromatic nitrogens is 2. The summed E-state index contributed by atoms with van der Waals surface area (Å²) in [6, 6.07) is -0.476. The van der Waals surface area contributed by atoms with Gasteiger partial charge in [0.15, 0.2) is 0 Å². The molecule has 0 aliphatic heterocycles. The highest BCUT2D eigenvalue weighted by Gasteiger charge is 2.21. The summed E-state index contributed by atoms with van der Waals surface area (Å²) in [6.07, 6.45) is 2.20. The molecule has 1 heterocycles. The van der Waals surface area contributed by atoms with Crippen molar-refractivity contribution in [2.24, 2.45) is 5.92 Å². The van der Waals surface area contributed by atoms with Gasteiger partial charge in [0, 0.05) is 0 Å². The van der Waals surface area contributed by atoms with E-state index in [1.165, 1.54) is 14.2 Å². The molecule has 1 aromatic heterocycles. The van der Waals surface area contributed by atoms with Crippen LogP contribution in [0.1, 0.15) is 20.3 Å². The molecule has 6 nitrogen and oxygen atoms in total.